The van der Waals surface area contributed by atoms with Gasteiger partial charge in [-0.1, -0.05) is 19.9 Å². The number of amides is 4. The summed E-state index contributed by atoms with van der Waals surface area (Å²) < 4.78 is 0. The van der Waals surface area contributed by atoms with Crippen molar-refractivity contribution in [1.82, 2.24) is 10.2 Å². The third-order valence-electron chi connectivity index (χ3n) is 5.00. The van der Waals surface area contributed by atoms with Crippen LogP contribution in [0.3, 0.4) is 0 Å². The molecule has 0 aliphatic carbocycles. The van der Waals surface area contributed by atoms with Crippen molar-refractivity contribution in [2.45, 2.75) is 32.7 Å². The maximum atomic E-state index is 12.9. The van der Waals surface area contributed by atoms with Gasteiger partial charge in [-0.25, -0.2) is 0 Å². The zero-order valence-corrected chi connectivity index (χ0v) is 15.4. The molecule has 27 heavy (non-hydrogen) atoms. The van der Waals surface area contributed by atoms with Gasteiger partial charge in [0.25, 0.3) is 11.8 Å². The summed E-state index contributed by atoms with van der Waals surface area (Å²) in [5, 5.41) is 11.4. The van der Waals surface area contributed by atoms with E-state index in [2.05, 4.69) is 5.32 Å². The van der Waals surface area contributed by atoms with Gasteiger partial charge in [0.2, 0.25) is 11.8 Å². The SMILES string of the molecule is CC.O=C1CCC(N2C(=O)c3cccc(N4CC(CO)C4)c3C2=O)C(=O)N1. The molecule has 3 aliphatic heterocycles. The van der Waals surface area contributed by atoms with Gasteiger partial charge < -0.3 is 10.0 Å². The molecule has 1 unspecified atom stereocenters. The first-order valence-corrected chi connectivity index (χ1v) is 9.21. The summed E-state index contributed by atoms with van der Waals surface area (Å²) in [5.41, 5.74) is 1.23. The molecule has 3 heterocycles. The summed E-state index contributed by atoms with van der Waals surface area (Å²) >= 11 is 0. The number of aliphatic hydroxyl groups is 1. The van der Waals surface area contributed by atoms with Gasteiger partial charge in [0.05, 0.1) is 16.8 Å². The third kappa shape index (κ3) is 3.10. The van der Waals surface area contributed by atoms with Gasteiger partial charge in [0.15, 0.2) is 0 Å². The number of rotatable bonds is 3. The molecule has 0 spiro atoms. The van der Waals surface area contributed by atoms with Crippen LogP contribution in [0, 0.1) is 5.92 Å². The van der Waals surface area contributed by atoms with Crippen LogP contribution >= 0.6 is 0 Å². The molecule has 1 aromatic rings. The second-order valence-electron chi connectivity index (χ2n) is 6.60. The maximum Gasteiger partial charge on any atom is 0.264 e. The Hall–Kier alpha value is -2.74. The van der Waals surface area contributed by atoms with E-state index in [0.717, 1.165) is 4.90 Å². The van der Waals surface area contributed by atoms with E-state index in [1.165, 1.54) is 0 Å². The summed E-state index contributed by atoms with van der Waals surface area (Å²) in [6.45, 7) is 5.32. The zero-order valence-electron chi connectivity index (χ0n) is 15.4. The summed E-state index contributed by atoms with van der Waals surface area (Å²) in [7, 11) is 0. The molecule has 2 N–H and O–H groups in total. The van der Waals surface area contributed by atoms with Crippen molar-refractivity contribution in [2.75, 3.05) is 24.6 Å². The van der Waals surface area contributed by atoms with E-state index >= 15 is 0 Å². The molecule has 4 amide bonds. The Bertz CT molecular complexity index is 801. The van der Waals surface area contributed by atoms with Gasteiger partial charge >= 0.3 is 0 Å². The number of fused-ring (bicyclic) bond motifs is 1. The van der Waals surface area contributed by atoms with E-state index in [-0.39, 0.29) is 30.9 Å². The number of hydrogen-bond acceptors (Lipinski definition) is 6. The molecular weight excluding hydrogens is 350 g/mol. The Labute approximate surface area is 157 Å². The minimum Gasteiger partial charge on any atom is -0.396 e. The highest BCUT2D eigenvalue weighted by atomic mass is 16.3. The lowest BCUT2D eigenvalue weighted by molar-refractivity contribution is -0.136. The van der Waals surface area contributed by atoms with E-state index in [1.807, 2.05) is 18.7 Å². The number of nitrogens with zero attached hydrogens (tertiary/aromatic N) is 2. The molecule has 4 rings (SSSR count). The normalized spacial score (nSPS) is 22.1. The smallest absolute Gasteiger partial charge is 0.264 e. The molecule has 3 aliphatic rings. The predicted molar refractivity (Wildman–Crippen MR) is 97.3 cm³/mol. The largest absolute Gasteiger partial charge is 0.396 e. The Morgan fingerprint density at radius 3 is 2.44 bits per heavy atom. The molecule has 2 saturated heterocycles. The van der Waals surface area contributed by atoms with E-state index in [9.17, 15) is 24.3 Å². The first-order valence-electron chi connectivity index (χ1n) is 9.21. The van der Waals surface area contributed by atoms with Crippen LogP contribution in [0.15, 0.2) is 18.2 Å². The van der Waals surface area contributed by atoms with Crippen molar-refractivity contribution in [3.63, 3.8) is 0 Å². The Morgan fingerprint density at radius 1 is 1.11 bits per heavy atom. The van der Waals surface area contributed by atoms with Crippen LogP contribution in [0.2, 0.25) is 0 Å². The highest BCUT2D eigenvalue weighted by Crippen LogP contribution is 2.36. The fourth-order valence-corrected chi connectivity index (χ4v) is 3.64. The predicted octanol–water partition coefficient (Wildman–Crippen LogP) is 0.542. The van der Waals surface area contributed by atoms with Crippen LogP contribution in [0.25, 0.3) is 0 Å². The van der Waals surface area contributed by atoms with Gasteiger partial charge in [-0.3, -0.25) is 29.4 Å². The average Bonchev–Trinajstić information content (AvgIpc) is 2.88. The molecule has 0 saturated carbocycles. The van der Waals surface area contributed by atoms with Gasteiger partial charge in [0, 0.05) is 32.0 Å². The lowest BCUT2D eigenvalue weighted by atomic mass is 9.97. The number of piperidine rings is 1. The van der Waals surface area contributed by atoms with Crippen molar-refractivity contribution in [1.29, 1.82) is 0 Å². The number of imide groups is 2. The summed E-state index contributed by atoms with van der Waals surface area (Å²) in [5.74, 6) is -1.85. The van der Waals surface area contributed by atoms with Crippen molar-refractivity contribution < 1.29 is 24.3 Å². The van der Waals surface area contributed by atoms with E-state index in [1.54, 1.807) is 18.2 Å². The van der Waals surface area contributed by atoms with E-state index < -0.39 is 29.7 Å². The van der Waals surface area contributed by atoms with Crippen LogP contribution in [-0.4, -0.2) is 59.4 Å². The Balaban J connectivity index is 0.00000102. The summed E-state index contributed by atoms with van der Waals surface area (Å²) in [6.07, 6.45) is 0.239. The molecule has 144 valence electrons. The number of hydrogen-bond donors (Lipinski definition) is 2. The van der Waals surface area contributed by atoms with Crippen molar-refractivity contribution in [3.8, 4) is 0 Å². The third-order valence-corrected chi connectivity index (χ3v) is 5.00. The monoisotopic (exact) mass is 373 g/mol. The lowest BCUT2D eigenvalue weighted by Crippen LogP contribution is -2.54. The van der Waals surface area contributed by atoms with Crippen LogP contribution in [-0.2, 0) is 9.59 Å². The molecule has 1 atom stereocenters. The minimum atomic E-state index is -0.959. The molecule has 0 aromatic heterocycles. The molecular formula is C19H23N3O5. The first kappa shape index (κ1) is 19.0. The molecule has 0 bridgehead atoms. The summed E-state index contributed by atoms with van der Waals surface area (Å²) in [4.78, 5) is 51.9. The Kier molecular flexibility index (Phi) is 5.27. The molecule has 8 nitrogen and oxygen atoms in total. The van der Waals surface area contributed by atoms with Crippen LogP contribution in [0.1, 0.15) is 47.4 Å². The molecule has 0 radical (unpaired) electrons. The van der Waals surface area contributed by atoms with Crippen LogP contribution in [0.4, 0.5) is 5.69 Å². The van der Waals surface area contributed by atoms with Crippen molar-refractivity contribution >= 4 is 29.3 Å². The number of anilines is 1. The molecule has 2 fully saturated rings. The summed E-state index contributed by atoms with van der Waals surface area (Å²) in [6, 6.07) is 4.10. The van der Waals surface area contributed by atoms with E-state index in [0.29, 0.717) is 24.3 Å². The fourth-order valence-electron chi connectivity index (χ4n) is 3.64. The first-order chi connectivity index (χ1) is 13.0. The number of carbonyl (C=O) groups is 4. The number of carbonyl (C=O) groups excluding carboxylic acids is 4. The molecule has 8 heteroatoms. The highest BCUT2D eigenvalue weighted by molar-refractivity contribution is 6.25. The maximum absolute atomic E-state index is 12.9. The number of nitrogens with one attached hydrogen (secondary N) is 1. The highest BCUT2D eigenvalue weighted by Gasteiger charge is 2.46. The minimum absolute atomic E-state index is 0.0841. The van der Waals surface area contributed by atoms with Crippen molar-refractivity contribution in [3.05, 3.63) is 29.3 Å². The fraction of sp³-hybridized carbons (Fsp3) is 0.474. The number of benzene rings is 1. The second kappa shape index (κ2) is 7.48. The number of aliphatic hydroxyl groups excluding tert-OH is 1. The van der Waals surface area contributed by atoms with Gasteiger partial charge in [-0.05, 0) is 18.6 Å². The topological polar surface area (TPSA) is 107 Å². The zero-order chi connectivity index (χ0) is 19.7. The van der Waals surface area contributed by atoms with Crippen molar-refractivity contribution in [2.24, 2.45) is 5.92 Å². The van der Waals surface area contributed by atoms with Gasteiger partial charge in [0.1, 0.15) is 6.04 Å². The van der Waals surface area contributed by atoms with E-state index in [4.69, 9.17) is 0 Å². The Morgan fingerprint density at radius 2 is 1.81 bits per heavy atom. The quantitative estimate of drug-likeness (QED) is 0.749. The lowest BCUT2D eigenvalue weighted by Gasteiger charge is -2.40. The molecule has 1 aromatic carbocycles. The van der Waals surface area contributed by atoms with Crippen LogP contribution < -0.4 is 10.2 Å². The van der Waals surface area contributed by atoms with Gasteiger partial charge in [-0.15, -0.1) is 0 Å². The standard InChI is InChI=1S/C17H17N3O5.C2H6/c21-8-9-6-19(7-9)11-3-1-2-10-14(11)17(25)20(16(10)24)12-4-5-13(22)18-15(12)23;1-2/h1-3,9,12,21H,4-8H2,(H,18,22,23);1-2H3. The average molecular weight is 373 g/mol. The second-order valence-corrected chi connectivity index (χ2v) is 6.60. The van der Waals surface area contributed by atoms with Gasteiger partial charge in [-0.2, -0.15) is 0 Å². The van der Waals surface area contributed by atoms with Crippen LogP contribution in [0.5, 0.6) is 0 Å².